The molecule has 156 valence electrons. The summed E-state index contributed by atoms with van der Waals surface area (Å²) >= 11 is 0. The monoisotopic (exact) mass is 396 g/mol. The molecular weight excluding hydrogens is 364 g/mol. The van der Waals surface area contributed by atoms with Gasteiger partial charge < -0.3 is 20.3 Å². The van der Waals surface area contributed by atoms with Crippen molar-refractivity contribution in [2.24, 2.45) is 5.92 Å². The summed E-state index contributed by atoms with van der Waals surface area (Å²) in [6, 6.07) is 10.7. The van der Waals surface area contributed by atoms with Crippen molar-refractivity contribution in [2.45, 2.75) is 38.3 Å². The van der Waals surface area contributed by atoms with Gasteiger partial charge in [-0.3, -0.25) is 4.79 Å². The predicted molar refractivity (Wildman–Crippen MR) is 117 cm³/mol. The van der Waals surface area contributed by atoms with Gasteiger partial charge in [0.25, 0.3) is 0 Å². The van der Waals surface area contributed by atoms with E-state index in [1.54, 1.807) is 7.11 Å². The van der Waals surface area contributed by atoms with Crippen LogP contribution in [0.3, 0.4) is 0 Å². The van der Waals surface area contributed by atoms with Crippen molar-refractivity contribution in [3.63, 3.8) is 0 Å². The van der Waals surface area contributed by atoms with Crippen molar-refractivity contribution in [3.05, 3.63) is 42.1 Å². The summed E-state index contributed by atoms with van der Waals surface area (Å²) < 4.78 is 5.52. The molecule has 0 radical (unpaired) electrons. The Morgan fingerprint density at radius 1 is 1.14 bits per heavy atom. The van der Waals surface area contributed by atoms with Gasteiger partial charge in [0.1, 0.15) is 11.6 Å². The minimum Gasteiger partial charge on any atom is -0.496 e. The number of nitrogens with one attached hydrogen (secondary N) is 2. The normalized spacial score (nSPS) is 18.9. The minimum absolute atomic E-state index is 0.108. The first-order valence-corrected chi connectivity index (χ1v) is 10.3. The summed E-state index contributed by atoms with van der Waals surface area (Å²) in [7, 11) is 7.61. The molecular formula is C23H32N4O2. The summed E-state index contributed by atoms with van der Waals surface area (Å²) in [6.45, 7) is 0.466. The maximum Gasteiger partial charge on any atom is 0.223 e. The predicted octanol–water partition coefficient (Wildman–Crippen LogP) is 3.22. The number of methoxy groups -OCH3 is 1. The topological polar surface area (TPSA) is 66.5 Å². The third-order valence-corrected chi connectivity index (χ3v) is 5.78. The SMILES string of the molecule is CNC1CCC(C(=O)NCc2cc(-c3ccnc(N(C)C)c3)ccc2OC)CC1. The molecule has 1 saturated carbocycles. The lowest BCUT2D eigenvalue weighted by Crippen LogP contribution is -2.37. The molecule has 0 spiro atoms. The van der Waals surface area contributed by atoms with Gasteiger partial charge in [0, 0.05) is 44.4 Å². The van der Waals surface area contributed by atoms with Crippen LogP contribution in [0.1, 0.15) is 31.2 Å². The Balaban J connectivity index is 1.71. The highest BCUT2D eigenvalue weighted by Gasteiger charge is 2.25. The number of nitrogens with zero attached hydrogens (tertiary/aromatic N) is 2. The lowest BCUT2D eigenvalue weighted by Gasteiger charge is -2.27. The van der Waals surface area contributed by atoms with Gasteiger partial charge in [-0.2, -0.15) is 0 Å². The molecule has 6 heteroatoms. The minimum atomic E-state index is 0.108. The zero-order valence-electron chi connectivity index (χ0n) is 17.9. The molecule has 1 aliphatic carbocycles. The Hall–Kier alpha value is -2.60. The second-order valence-corrected chi connectivity index (χ2v) is 7.88. The summed E-state index contributed by atoms with van der Waals surface area (Å²) in [5.74, 6) is 1.95. The number of rotatable bonds is 7. The molecule has 0 saturated heterocycles. The van der Waals surface area contributed by atoms with Crippen LogP contribution in [0.5, 0.6) is 5.75 Å². The smallest absolute Gasteiger partial charge is 0.223 e. The van der Waals surface area contributed by atoms with Crippen molar-refractivity contribution in [3.8, 4) is 16.9 Å². The molecule has 1 amide bonds. The second kappa shape index (κ2) is 9.74. The Morgan fingerprint density at radius 2 is 1.86 bits per heavy atom. The highest BCUT2D eigenvalue weighted by atomic mass is 16.5. The van der Waals surface area contributed by atoms with Crippen LogP contribution < -0.4 is 20.3 Å². The number of ether oxygens (including phenoxy) is 1. The van der Waals surface area contributed by atoms with Crippen molar-refractivity contribution in [2.75, 3.05) is 33.2 Å². The number of aromatic nitrogens is 1. The molecule has 3 rings (SSSR count). The number of carbonyl (C=O) groups is 1. The second-order valence-electron chi connectivity index (χ2n) is 7.88. The number of amides is 1. The Morgan fingerprint density at radius 3 is 2.52 bits per heavy atom. The number of benzene rings is 1. The van der Waals surface area contributed by atoms with Crippen LogP contribution in [0.15, 0.2) is 36.5 Å². The number of carbonyl (C=O) groups excluding carboxylic acids is 1. The van der Waals surface area contributed by atoms with Crippen molar-refractivity contribution >= 4 is 11.7 Å². The summed E-state index contributed by atoms with van der Waals surface area (Å²) in [5.41, 5.74) is 3.14. The number of pyridine rings is 1. The fourth-order valence-corrected chi connectivity index (χ4v) is 3.91. The van der Waals surface area contributed by atoms with E-state index in [1.165, 1.54) is 0 Å². The average molecular weight is 397 g/mol. The quantitative estimate of drug-likeness (QED) is 0.752. The van der Waals surface area contributed by atoms with Crippen LogP contribution in [0, 0.1) is 5.92 Å². The molecule has 0 atom stereocenters. The Bertz CT molecular complexity index is 829. The molecule has 2 N–H and O–H groups in total. The fraction of sp³-hybridized carbons (Fsp3) is 0.478. The van der Waals surface area contributed by atoms with Crippen LogP contribution >= 0.6 is 0 Å². The van der Waals surface area contributed by atoms with Gasteiger partial charge >= 0.3 is 0 Å². The Labute approximate surface area is 173 Å². The standard InChI is InChI=1S/C23H32N4O2/c1-24-20-8-5-16(6-9-20)23(28)26-15-19-13-17(7-10-21(19)29-4)18-11-12-25-22(14-18)27(2)3/h7,10-14,16,20,24H,5-6,8-9,15H2,1-4H3,(H,26,28). The molecule has 6 nitrogen and oxygen atoms in total. The lowest BCUT2D eigenvalue weighted by molar-refractivity contribution is -0.126. The number of anilines is 1. The number of hydrogen-bond acceptors (Lipinski definition) is 5. The van der Waals surface area contributed by atoms with E-state index in [1.807, 2.05) is 50.4 Å². The van der Waals surface area contributed by atoms with E-state index in [0.717, 1.165) is 53.9 Å². The van der Waals surface area contributed by atoms with Crippen LogP contribution in [-0.2, 0) is 11.3 Å². The molecule has 1 heterocycles. The maximum atomic E-state index is 12.7. The van der Waals surface area contributed by atoms with Crippen molar-refractivity contribution in [1.82, 2.24) is 15.6 Å². The zero-order chi connectivity index (χ0) is 20.8. The molecule has 2 aromatic rings. The van der Waals surface area contributed by atoms with Crippen molar-refractivity contribution in [1.29, 1.82) is 0 Å². The molecule has 29 heavy (non-hydrogen) atoms. The van der Waals surface area contributed by atoms with Gasteiger partial charge in [-0.25, -0.2) is 4.98 Å². The van der Waals surface area contributed by atoms with E-state index < -0.39 is 0 Å². The van der Waals surface area contributed by atoms with Crippen molar-refractivity contribution < 1.29 is 9.53 Å². The van der Waals surface area contributed by atoms with Gasteiger partial charge in [0.2, 0.25) is 5.91 Å². The Kier molecular flexibility index (Phi) is 7.09. The van der Waals surface area contributed by atoms with Gasteiger partial charge in [-0.1, -0.05) is 6.07 Å². The zero-order valence-corrected chi connectivity index (χ0v) is 17.9. The third-order valence-electron chi connectivity index (χ3n) is 5.78. The van der Waals surface area contributed by atoms with Crippen LogP contribution in [0.4, 0.5) is 5.82 Å². The number of hydrogen-bond donors (Lipinski definition) is 2. The van der Waals surface area contributed by atoms with Crippen LogP contribution in [0.2, 0.25) is 0 Å². The summed E-state index contributed by atoms with van der Waals surface area (Å²) in [6.07, 6.45) is 5.82. The molecule has 0 unspecified atom stereocenters. The lowest BCUT2D eigenvalue weighted by atomic mass is 9.85. The molecule has 0 bridgehead atoms. The van der Waals surface area contributed by atoms with Crippen LogP contribution in [-0.4, -0.2) is 45.2 Å². The molecule has 1 aliphatic rings. The van der Waals surface area contributed by atoms with E-state index in [4.69, 9.17) is 4.74 Å². The van der Waals surface area contributed by atoms with E-state index in [0.29, 0.717) is 12.6 Å². The molecule has 1 fully saturated rings. The van der Waals surface area contributed by atoms with Gasteiger partial charge in [0.05, 0.1) is 7.11 Å². The maximum absolute atomic E-state index is 12.7. The molecule has 1 aromatic heterocycles. The molecule has 0 aliphatic heterocycles. The first kappa shape index (κ1) is 21.1. The first-order valence-electron chi connectivity index (χ1n) is 10.3. The van der Waals surface area contributed by atoms with E-state index in [9.17, 15) is 4.79 Å². The average Bonchev–Trinajstić information content (AvgIpc) is 2.77. The van der Waals surface area contributed by atoms with Crippen LogP contribution in [0.25, 0.3) is 11.1 Å². The van der Waals surface area contributed by atoms with Gasteiger partial charge in [-0.05, 0) is 68.1 Å². The van der Waals surface area contributed by atoms with Gasteiger partial charge in [0.15, 0.2) is 0 Å². The van der Waals surface area contributed by atoms with Gasteiger partial charge in [-0.15, -0.1) is 0 Å². The van der Waals surface area contributed by atoms with E-state index >= 15 is 0 Å². The molecule has 1 aromatic carbocycles. The summed E-state index contributed by atoms with van der Waals surface area (Å²) in [5, 5.41) is 6.44. The largest absolute Gasteiger partial charge is 0.496 e. The first-order chi connectivity index (χ1) is 14.0. The van der Waals surface area contributed by atoms with E-state index in [-0.39, 0.29) is 11.8 Å². The third kappa shape index (κ3) is 5.26. The highest BCUT2D eigenvalue weighted by molar-refractivity contribution is 5.79. The summed E-state index contributed by atoms with van der Waals surface area (Å²) in [4.78, 5) is 19.0. The highest BCUT2D eigenvalue weighted by Crippen LogP contribution is 2.29. The fourth-order valence-electron chi connectivity index (χ4n) is 3.91. The van der Waals surface area contributed by atoms with E-state index in [2.05, 4.69) is 27.8 Å².